The van der Waals surface area contributed by atoms with Crippen molar-refractivity contribution < 1.29 is 0 Å². The summed E-state index contributed by atoms with van der Waals surface area (Å²) in [4.78, 5) is 0. The molecular formula is C50H38. The van der Waals surface area contributed by atoms with Crippen molar-refractivity contribution in [3.63, 3.8) is 0 Å². The van der Waals surface area contributed by atoms with Crippen LogP contribution in [0.25, 0.3) is 77.2 Å². The molecule has 8 aromatic carbocycles. The lowest BCUT2D eigenvalue weighted by Gasteiger charge is -2.30. The molecule has 8 aromatic rings. The summed E-state index contributed by atoms with van der Waals surface area (Å²) in [7, 11) is 0. The lowest BCUT2D eigenvalue weighted by molar-refractivity contribution is 0.601. The Morgan fingerprint density at radius 3 is 1.28 bits per heavy atom. The Bertz CT molecular complexity index is 2610. The predicted octanol–water partition coefficient (Wildman–Crippen LogP) is 13.6. The van der Waals surface area contributed by atoms with Gasteiger partial charge in [-0.1, -0.05) is 179 Å². The molecule has 0 heterocycles. The summed E-state index contributed by atoms with van der Waals surface area (Å²) in [6.45, 7) is 9.68. The third-order valence-electron chi connectivity index (χ3n) is 11.8. The van der Waals surface area contributed by atoms with Gasteiger partial charge in [0.2, 0.25) is 0 Å². The van der Waals surface area contributed by atoms with E-state index < -0.39 is 0 Å². The highest BCUT2D eigenvalue weighted by atomic mass is 14.5. The molecule has 0 radical (unpaired) electrons. The van der Waals surface area contributed by atoms with Crippen molar-refractivity contribution in [3.8, 4) is 55.6 Å². The molecule has 2 aliphatic carbocycles. The van der Waals surface area contributed by atoms with Crippen molar-refractivity contribution in [2.75, 3.05) is 0 Å². The van der Waals surface area contributed by atoms with Gasteiger partial charge in [0.1, 0.15) is 0 Å². The average molecular weight is 639 g/mol. The summed E-state index contributed by atoms with van der Waals surface area (Å²) in [6, 6.07) is 58.8. The molecule has 0 nitrogen and oxygen atoms in total. The van der Waals surface area contributed by atoms with Crippen LogP contribution in [0, 0.1) is 0 Å². The van der Waals surface area contributed by atoms with E-state index in [0.29, 0.717) is 0 Å². The van der Waals surface area contributed by atoms with Crippen LogP contribution in [0.2, 0.25) is 0 Å². The summed E-state index contributed by atoms with van der Waals surface area (Å²) in [5.74, 6) is 0. The van der Waals surface area contributed by atoms with Crippen molar-refractivity contribution in [1.82, 2.24) is 0 Å². The molecule has 0 fully saturated rings. The fourth-order valence-electron chi connectivity index (χ4n) is 9.54. The van der Waals surface area contributed by atoms with Gasteiger partial charge in [-0.15, -0.1) is 0 Å². The summed E-state index contributed by atoms with van der Waals surface area (Å²) >= 11 is 0. The first kappa shape index (κ1) is 29.2. The number of benzene rings is 8. The van der Waals surface area contributed by atoms with E-state index in [9.17, 15) is 0 Å². The molecule has 0 bridgehead atoms. The Hall–Kier alpha value is -5.72. The average Bonchev–Trinajstić information content (AvgIpc) is 3.53. The zero-order valence-corrected chi connectivity index (χ0v) is 29.0. The van der Waals surface area contributed by atoms with E-state index >= 15 is 0 Å². The van der Waals surface area contributed by atoms with Crippen molar-refractivity contribution in [2.45, 2.75) is 38.5 Å². The molecule has 10 rings (SSSR count). The van der Waals surface area contributed by atoms with Gasteiger partial charge >= 0.3 is 0 Å². The molecule has 0 aromatic heterocycles. The second-order valence-corrected chi connectivity index (χ2v) is 15.3. The SMILES string of the molecule is CC1(C)c2ccccc2-c2ccc3c(c21)C(C)(C)c1cc(-c2ccc(-c4c5ccccc5c(-c5ccccc5)c5ccccc45)cc2)ccc1-3. The second-order valence-electron chi connectivity index (χ2n) is 15.3. The summed E-state index contributed by atoms with van der Waals surface area (Å²) in [5.41, 5.74) is 18.9. The number of fused-ring (bicyclic) bond motifs is 9. The van der Waals surface area contributed by atoms with Crippen LogP contribution in [0.4, 0.5) is 0 Å². The zero-order chi connectivity index (χ0) is 33.8. The molecule has 0 aliphatic heterocycles. The maximum absolute atomic E-state index is 2.46. The molecular weight excluding hydrogens is 601 g/mol. The van der Waals surface area contributed by atoms with Crippen LogP contribution in [0.3, 0.4) is 0 Å². The molecule has 0 heteroatoms. The van der Waals surface area contributed by atoms with Crippen LogP contribution in [0.1, 0.15) is 49.9 Å². The summed E-state index contributed by atoms with van der Waals surface area (Å²) < 4.78 is 0. The van der Waals surface area contributed by atoms with Crippen molar-refractivity contribution in [2.24, 2.45) is 0 Å². The Morgan fingerprint density at radius 2 is 0.700 bits per heavy atom. The normalized spacial score (nSPS) is 14.7. The van der Waals surface area contributed by atoms with Gasteiger partial charge in [0, 0.05) is 10.8 Å². The highest BCUT2D eigenvalue weighted by Gasteiger charge is 2.45. The Labute approximate surface area is 294 Å². The molecule has 0 saturated heterocycles. The van der Waals surface area contributed by atoms with Crippen LogP contribution in [0.15, 0.2) is 158 Å². The Balaban J connectivity index is 1.08. The second kappa shape index (κ2) is 10.4. The molecule has 2 aliphatic rings. The number of hydrogen-bond acceptors (Lipinski definition) is 0. The van der Waals surface area contributed by atoms with E-state index in [1.54, 1.807) is 0 Å². The minimum Gasteiger partial charge on any atom is -0.0622 e. The van der Waals surface area contributed by atoms with Crippen molar-refractivity contribution in [3.05, 3.63) is 180 Å². The lowest BCUT2D eigenvalue weighted by atomic mass is 9.72. The van der Waals surface area contributed by atoms with Gasteiger partial charge in [-0.05, 0) is 105 Å². The quantitative estimate of drug-likeness (QED) is 0.169. The zero-order valence-electron chi connectivity index (χ0n) is 29.0. The first-order chi connectivity index (χ1) is 24.3. The molecule has 0 unspecified atom stereocenters. The van der Waals surface area contributed by atoms with E-state index in [-0.39, 0.29) is 10.8 Å². The van der Waals surface area contributed by atoms with Crippen molar-refractivity contribution >= 4 is 21.5 Å². The molecule has 238 valence electrons. The highest BCUT2D eigenvalue weighted by Crippen LogP contribution is 2.59. The Morgan fingerprint density at radius 1 is 0.300 bits per heavy atom. The maximum atomic E-state index is 2.46. The van der Waals surface area contributed by atoms with Gasteiger partial charge in [-0.3, -0.25) is 0 Å². The van der Waals surface area contributed by atoms with Crippen LogP contribution in [-0.4, -0.2) is 0 Å². The van der Waals surface area contributed by atoms with Crippen LogP contribution >= 0.6 is 0 Å². The first-order valence-electron chi connectivity index (χ1n) is 17.9. The molecule has 0 spiro atoms. The van der Waals surface area contributed by atoms with E-state index in [0.717, 1.165) is 0 Å². The van der Waals surface area contributed by atoms with E-state index in [4.69, 9.17) is 0 Å². The predicted molar refractivity (Wildman–Crippen MR) is 213 cm³/mol. The van der Waals surface area contributed by atoms with Gasteiger partial charge in [-0.25, -0.2) is 0 Å². The minimum absolute atomic E-state index is 0.0388. The van der Waals surface area contributed by atoms with Gasteiger partial charge in [0.25, 0.3) is 0 Å². The standard InChI is InChI=1S/C50H38/c1-49(2)43-21-13-12-16-35(43)41-28-29-42-36-27-26-34(30-44(36)50(3,4)48(42)47(41)49)31-22-24-33(25-23-31)46-39-19-10-8-17-37(39)45(32-14-6-5-7-15-32)38-18-9-11-20-40(38)46/h5-30H,1-4H3. The van der Waals surface area contributed by atoms with Gasteiger partial charge in [-0.2, -0.15) is 0 Å². The molecule has 0 amide bonds. The van der Waals surface area contributed by atoms with E-state index in [2.05, 4.69) is 185 Å². The fraction of sp³-hybridized carbons (Fsp3) is 0.120. The molecule has 0 atom stereocenters. The molecule has 50 heavy (non-hydrogen) atoms. The monoisotopic (exact) mass is 638 g/mol. The first-order valence-corrected chi connectivity index (χ1v) is 17.9. The van der Waals surface area contributed by atoms with Crippen LogP contribution in [0.5, 0.6) is 0 Å². The highest BCUT2D eigenvalue weighted by molar-refractivity contribution is 6.21. The van der Waals surface area contributed by atoms with Gasteiger partial charge in [0.05, 0.1) is 0 Å². The summed E-state index contributed by atoms with van der Waals surface area (Å²) in [6.07, 6.45) is 0. The topological polar surface area (TPSA) is 0 Å². The van der Waals surface area contributed by atoms with E-state index in [1.165, 1.54) is 99.4 Å². The number of hydrogen-bond donors (Lipinski definition) is 0. The molecule has 0 saturated carbocycles. The lowest BCUT2D eigenvalue weighted by Crippen LogP contribution is -2.24. The summed E-state index contributed by atoms with van der Waals surface area (Å²) in [5, 5.41) is 5.14. The van der Waals surface area contributed by atoms with Crippen LogP contribution < -0.4 is 0 Å². The largest absolute Gasteiger partial charge is 0.0622 e. The van der Waals surface area contributed by atoms with Gasteiger partial charge < -0.3 is 0 Å². The molecule has 0 N–H and O–H groups in total. The minimum atomic E-state index is -0.108. The Kier molecular flexibility index (Phi) is 6.07. The van der Waals surface area contributed by atoms with Crippen LogP contribution in [-0.2, 0) is 10.8 Å². The number of rotatable bonds is 3. The smallest absolute Gasteiger partial charge is 0.0162 e. The van der Waals surface area contributed by atoms with Crippen molar-refractivity contribution in [1.29, 1.82) is 0 Å². The third-order valence-corrected chi connectivity index (χ3v) is 11.8. The fourth-order valence-corrected chi connectivity index (χ4v) is 9.54. The van der Waals surface area contributed by atoms with Gasteiger partial charge in [0.15, 0.2) is 0 Å². The maximum Gasteiger partial charge on any atom is 0.0162 e. The third kappa shape index (κ3) is 3.94. The van der Waals surface area contributed by atoms with E-state index in [1.807, 2.05) is 0 Å².